The van der Waals surface area contributed by atoms with E-state index in [9.17, 15) is 64.4 Å². The molecule has 0 aliphatic carbocycles. The van der Waals surface area contributed by atoms with Crippen molar-refractivity contribution in [2.75, 3.05) is 13.1 Å². The Morgan fingerprint density at radius 2 is 1.08 bits per heavy atom. The van der Waals surface area contributed by atoms with Crippen LogP contribution in [0, 0.1) is 0 Å². The quantitative estimate of drug-likeness (QED) is 0.0210. The number of aliphatic hydroxyl groups is 1. The standard InChI is InChI=1S/C36H62N4O13/c1-3-5-7-9-10-12-14-22-32(44)40(53)24-18-16-20-28(34(47)48)38-30(42)26-36(51,35(49)50)25-29(41)37-27(33(45)46)19-15-17-23-39(52)31(43)21-13-11-8-6-4-2/h14,22,27-28,51-53H,3-13,15-21,23-26H2,1-2H3,(H,37,41)(H,38,42)(H,45,46)(H,47,48)(H,49,50)/b22-14+/t27-,28-,36?/m0/s1. The summed E-state index contributed by atoms with van der Waals surface area (Å²) in [5.41, 5.74) is -3.00. The number of unbranched alkanes of at least 4 members (excludes halogenated alkanes) is 11. The summed E-state index contributed by atoms with van der Waals surface area (Å²) in [5.74, 6) is -8.37. The molecule has 53 heavy (non-hydrogen) atoms. The van der Waals surface area contributed by atoms with E-state index in [2.05, 4.69) is 24.5 Å². The van der Waals surface area contributed by atoms with Gasteiger partial charge in [-0.1, -0.05) is 71.3 Å². The zero-order valence-electron chi connectivity index (χ0n) is 31.3. The molecule has 0 aromatic carbocycles. The maximum atomic E-state index is 12.6. The lowest BCUT2D eigenvalue weighted by molar-refractivity contribution is -0.166. The number of nitrogens with one attached hydrogen (secondary N) is 2. The fourth-order valence-corrected chi connectivity index (χ4v) is 5.35. The Kier molecular flexibility index (Phi) is 26.2. The molecule has 8 N–H and O–H groups in total. The summed E-state index contributed by atoms with van der Waals surface area (Å²) >= 11 is 0. The number of carboxylic acids is 3. The minimum absolute atomic E-state index is 0.0597. The van der Waals surface area contributed by atoms with Gasteiger partial charge in [-0.15, -0.1) is 0 Å². The first-order chi connectivity index (χ1) is 25.1. The average molecular weight is 759 g/mol. The molecule has 0 spiro atoms. The number of aliphatic carboxylic acids is 3. The summed E-state index contributed by atoms with van der Waals surface area (Å²) in [7, 11) is 0. The van der Waals surface area contributed by atoms with Gasteiger partial charge in [-0.2, -0.15) is 0 Å². The van der Waals surface area contributed by atoms with Crippen molar-refractivity contribution >= 4 is 41.5 Å². The average Bonchev–Trinajstić information content (AvgIpc) is 3.09. The summed E-state index contributed by atoms with van der Waals surface area (Å²) in [6.07, 6.45) is 11.7. The zero-order valence-corrected chi connectivity index (χ0v) is 31.3. The topological polar surface area (TPSA) is 271 Å². The van der Waals surface area contributed by atoms with Crippen LogP contribution in [0.1, 0.15) is 142 Å². The maximum absolute atomic E-state index is 12.6. The number of rotatable bonds is 32. The van der Waals surface area contributed by atoms with E-state index in [-0.39, 0.29) is 58.0 Å². The second-order valence-electron chi connectivity index (χ2n) is 13.3. The predicted molar refractivity (Wildman–Crippen MR) is 192 cm³/mol. The summed E-state index contributed by atoms with van der Waals surface area (Å²) in [5, 5.41) is 64.5. The lowest BCUT2D eigenvalue weighted by Gasteiger charge is -2.24. The molecule has 1 unspecified atom stereocenters. The number of carbonyl (C=O) groups excluding carboxylic acids is 4. The van der Waals surface area contributed by atoms with Crippen LogP contribution in [0.2, 0.25) is 0 Å². The molecule has 0 fully saturated rings. The Balaban J connectivity index is 4.85. The normalized spacial score (nSPS) is 13.5. The number of hydrogen-bond acceptors (Lipinski definition) is 10. The predicted octanol–water partition coefficient (Wildman–Crippen LogP) is 3.77. The van der Waals surface area contributed by atoms with Gasteiger partial charge in [0.15, 0.2) is 5.60 Å². The molecule has 304 valence electrons. The van der Waals surface area contributed by atoms with Crippen molar-refractivity contribution in [2.45, 2.75) is 160 Å². The molecule has 0 radical (unpaired) electrons. The highest BCUT2D eigenvalue weighted by Gasteiger charge is 2.42. The SMILES string of the molecule is CCCCCCC/C=C/C(=O)N(O)CCCC[C@H](NC(=O)CC(O)(CC(=O)N[C@@H](CCCCN(O)C(=O)CCCCCCC)C(=O)O)C(=O)O)C(=O)O. The van der Waals surface area contributed by atoms with Crippen LogP contribution in [0.5, 0.6) is 0 Å². The third-order valence-electron chi connectivity index (χ3n) is 8.57. The molecular weight excluding hydrogens is 696 g/mol. The third-order valence-corrected chi connectivity index (χ3v) is 8.57. The van der Waals surface area contributed by atoms with Crippen LogP contribution in [-0.2, 0) is 33.6 Å². The molecule has 0 saturated heterocycles. The van der Waals surface area contributed by atoms with Crippen molar-refractivity contribution in [3.05, 3.63) is 12.2 Å². The maximum Gasteiger partial charge on any atom is 0.336 e. The Labute approximate surface area is 311 Å². The lowest BCUT2D eigenvalue weighted by atomic mass is 9.94. The van der Waals surface area contributed by atoms with Gasteiger partial charge in [0.1, 0.15) is 12.1 Å². The number of amides is 4. The molecule has 0 heterocycles. The van der Waals surface area contributed by atoms with Crippen LogP contribution in [0.4, 0.5) is 0 Å². The van der Waals surface area contributed by atoms with E-state index in [1.54, 1.807) is 6.08 Å². The smallest absolute Gasteiger partial charge is 0.336 e. The fourth-order valence-electron chi connectivity index (χ4n) is 5.35. The summed E-state index contributed by atoms with van der Waals surface area (Å²) in [6.45, 7) is 4.02. The van der Waals surface area contributed by atoms with Crippen LogP contribution >= 0.6 is 0 Å². The van der Waals surface area contributed by atoms with Gasteiger partial charge in [-0.3, -0.25) is 29.6 Å². The van der Waals surface area contributed by atoms with Gasteiger partial charge in [0.2, 0.25) is 17.7 Å². The first-order valence-electron chi connectivity index (χ1n) is 18.7. The molecule has 0 aromatic rings. The number of carbonyl (C=O) groups is 7. The Morgan fingerprint density at radius 1 is 0.623 bits per heavy atom. The van der Waals surface area contributed by atoms with Gasteiger partial charge < -0.3 is 31.1 Å². The van der Waals surface area contributed by atoms with Crippen LogP contribution in [-0.4, -0.2) is 113 Å². The number of hydroxylamine groups is 4. The summed E-state index contributed by atoms with van der Waals surface area (Å²) in [6, 6.07) is -3.02. The molecule has 0 rings (SSSR count). The minimum atomic E-state index is -3.00. The van der Waals surface area contributed by atoms with E-state index in [1.807, 2.05) is 0 Å². The summed E-state index contributed by atoms with van der Waals surface area (Å²) < 4.78 is 0. The van der Waals surface area contributed by atoms with Gasteiger partial charge in [0, 0.05) is 25.6 Å². The Hall–Kier alpha value is -4.09. The molecule has 0 aliphatic heterocycles. The van der Waals surface area contributed by atoms with E-state index < -0.39 is 72.1 Å². The van der Waals surface area contributed by atoms with Crippen LogP contribution in [0.25, 0.3) is 0 Å². The molecule has 0 bridgehead atoms. The molecule has 4 amide bonds. The second kappa shape index (κ2) is 28.4. The van der Waals surface area contributed by atoms with Crippen molar-refractivity contribution in [1.82, 2.24) is 20.8 Å². The van der Waals surface area contributed by atoms with E-state index in [0.29, 0.717) is 23.0 Å². The summed E-state index contributed by atoms with van der Waals surface area (Å²) in [4.78, 5) is 84.7. The number of allylic oxidation sites excluding steroid dienone is 1. The monoisotopic (exact) mass is 758 g/mol. The van der Waals surface area contributed by atoms with Crippen molar-refractivity contribution in [2.24, 2.45) is 0 Å². The van der Waals surface area contributed by atoms with Crippen LogP contribution < -0.4 is 10.6 Å². The number of nitrogens with zero attached hydrogens (tertiary/aromatic N) is 2. The van der Waals surface area contributed by atoms with Crippen molar-refractivity contribution in [3.8, 4) is 0 Å². The van der Waals surface area contributed by atoms with E-state index in [0.717, 1.165) is 57.8 Å². The highest BCUT2D eigenvalue weighted by molar-refractivity contribution is 5.93. The molecule has 0 saturated carbocycles. The zero-order chi connectivity index (χ0) is 40.2. The van der Waals surface area contributed by atoms with Crippen molar-refractivity contribution < 1.29 is 64.4 Å². The second-order valence-corrected chi connectivity index (χ2v) is 13.3. The lowest BCUT2D eigenvalue weighted by Crippen LogP contribution is -2.51. The molecule has 3 atom stereocenters. The van der Waals surface area contributed by atoms with Crippen molar-refractivity contribution in [3.63, 3.8) is 0 Å². The van der Waals surface area contributed by atoms with Crippen LogP contribution in [0.3, 0.4) is 0 Å². The molecule has 0 aromatic heterocycles. The van der Waals surface area contributed by atoms with E-state index >= 15 is 0 Å². The van der Waals surface area contributed by atoms with Gasteiger partial charge in [-0.05, 0) is 57.8 Å². The third kappa shape index (κ3) is 23.2. The minimum Gasteiger partial charge on any atom is -0.480 e. The van der Waals surface area contributed by atoms with Crippen LogP contribution in [0.15, 0.2) is 12.2 Å². The van der Waals surface area contributed by atoms with E-state index in [1.165, 1.54) is 6.08 Å². The first-order valence-corrected chi connectivity index (χ1v) is 18.7. The molecule has 17 nitrogen and oxygen atoms in total. The Morgan fingerprint density at radius 3 is 1.53 bits per heavy atom. The first kappa shape index (κ1) is 48.9. The number of hydrogen-bond donors (Lipinski definition) is 8. The van der Waals surface area contributed by atoms with E-state index in [4.69, 9.17) is 0 Å². The Bertz CT molecular complexity index is 1180. The number of carboxylic acid groups (broad SMARTS) is 3. The van der Waals surface area contributed by atoms with Gasteiger partial charge >= 0.3 is 17.9 Å². The largest absolute Gasteiger partial charge is 0.480 e. The van der Waals surface area contributed by atoms with Crippen molar-refractivity contribution in [1.29, 1.82) is 0 Å². The highest BCUT2D eigenvalue weighted by Crippen LogP contribution is 2.18. The molecule has 0 aliphatic rings. The highest BCUT2D eigenvalue weighted by atomic mass is 16.5. The van der Waals surface area contributed by atoms with Gasteiger partial charge in [0.25, 0.3) is 5.91 Å². The molecule has 17 heteroatoms. The fraction of sp³-hybridized carbons (Fsp3) is 0.750. The van der Waals surface area contributed by atoms with Gasteiger partial charge in [-0.25, -0.2) is 24.5 Å². The molecular formula is C36H62N4O13. The van der Waals surface area contributed by atoms with Gasteiger partial charge in [0.05, 0.1) is 12.8 Å².